The van der Waals surface area contributed by atoms with E-state index in [0.29, 0.717) is 17.8 Å². The van der Waals surface area contributed by atoms with Crippen molar-refractivity contribution in [3.63, 3.8) is 0 Å². The minimum Gasteiger partial charge on any atom is -0.480 e. The summed E-state index contributed by atoms with van der Waals surface area (Å²) in [7, 11) is 0. The highest BCUT2D eigenvalue weighted by Crippen LogP contribution is 2.06. The lowest BCUT2D eigenvalue weighted by Gasteiger charge is -2.01. The molecule has 1 rings (SSSR count). The lowest BCUT2D eigenvalue weighted by atomic mass is 10.2. The van der Waals surface area contributed by atoms with Crippen LogP contribution in [0.25, 0.3) is 0 Å². The molecule has 1 atom stereocenters. The first kappa shape index (κ1) is 6.48. The molecule has 1 aliphatic heterocycles. The van der Waals surface area contributed by atoms with Gasteiger partial charge in [-0.3, -0.25) is 0 Å². The molecule has 1 unspecified atom stereocenters. The van der Waals surface area contributed by atoms with Crippen molar-refractivity contribution in [3.05, 3.63) is 0 Å². The van der Waals surface area contributed by atoms with Gasteiger partial charge in [-0.1, -0.05) is 12.2 Å². The van der Waals surface area contributed by atoms with Crippen LogP contribution in [0, 0.1) is 0 Å². The van der Waals surface area contributed by atoms with Crippen molar-refractivity contribution in [1.29, 1.82) is 0 Å². The molecular weight excluding hydrogens is 138 g/mol. The van der Waals surface area contributed by atoms with E-state index in [1.807, 2.05) is 0 Å². The van der Waals surface area contributed by atoms with Gasteiger partial charge >= 0.3 is 5.97 Å². The third-order valence-electron chi connectivity index (χ3n) is 1.29. The van der Waals surface area contributed by atoms with Crippen LogP contribution in [0.15, 0.2) is 0 Å². The molecule has 1 heterocycles. The fourth-order valence-electron chi connectivity index (χ4n) is 0.799. The molecule has 1 aliphatic rings. The van der Waals surface area contributed by atoms with Gasteiger partial charge in [0.2, 0.25) is 0 Å². The van der Waals surface area contributed by atoms with Gasteiger partial charge in [-0.15, -0.1) is 0 Å². The molecule has 9 heavy (non-hydrogen) atoms. The van der Waals surface area contributed by atoms with Crippen molar-refractivity contribution in [2.75, 3.05) is 0 Å². The summed E-state index contributed by atoms with van der Waals surface area (Å²) in [6, 6.07) is -0.433. The first-order chi connectivity index (χ1) is 4.20. The number of aliphatic carboxylic acids is 1. The molecule has 1 fully saturated rings. The van der Waals surface area contributed by atoms with Crippen molar-refractivity contribution >= 4 is 23.2 Å². The largest absolute Gasteiger partial charge is 0.480 e. The van der Waals surface area contributed by atoms with E-state index in [0.717, 1.165) is 0 Å². The summed E-state index contributed by atoms with van der Waals surface area (Å²) in [5.41, 5.74) is 0. The molecule has 0 radical (unpaired) electrons. The lowest BCUT2D eigenvalue weighted by Crippen LogP contribution is -2.31. The normalized spacial score (nSPS) is 25.8. The van der Waals surface area contributed by atoms with E-state index in [1.165, 1.54) is 0 Å². The highest BCUT2D eigenvalue weighted by molar-refractivity contribution is 7.80. The van der Waals surface area contributed by atoms with Crippen LogP contribution in [-0.2, 0) is 4.79 Å². The third-order valence-corrected chi connectivity index (χ3v) is 1.62. The first-order valence-corrected chi connectivity index (χ1v) is 3.13. The second-order valence-corrected chi connectivity index (χ2v) is 2.49. The Kier molecular flexibility index (Phi) is 1.66. The number of carboxylic acids is 1. The summed E-state index contributed by atoms with van der Waals surface area (Å²) < 4.78 is 0. The van der Waals surface area contributed by atoms with Crippen molar-refractivity contribution in [2.45, 2.75) is 18.9 Å². The van der Waals surface area contributed by atoms with Gasteiger partial charge < -0.3 is 10.4 Å². The van der Waals surface area contributed by atoms with Crippen LogP contribution in [0.4, 0.5) is 0 Å². The monoisotopic (exact) mass is 145 g/mol. The van der Waals surface area contributed by atoms with Crippen LogP contribution in [0.2, 0.25) is 0 Å². The Morgan fingerprint density at radius 1 is 1.89 bits per heavy atom. The first-order valence-electron chi connectivity index (χ1n) is 2.72. The van der Waals surface area contributed by atoms with Gasteiger partial charge in [0.05, 0.1) is 4.99 Å². The molecule has 0 amide bonds. The topological polar surface area (TPSA) is 49.3 Å². The fraction of sp³-hybridized carbons (Fsp3) is 0.600. The molecule has 0 spiro atoms. The van der Waals surface area contributed by atoms with E-state index in [-0.39, 0.29) is 0 Å². The van der Waals surface area contributed by atoms with E-state index >= 15 is 0 Å². The van der Waals surface area contributed by atoms with Crippen LogP contribution in [0.3, 0.4) is 0 Å². The zero-order valence-electron chi connectivity index (χ0n) is 4.76. The van der Waals surface area contributed by atoms with Crippen molar-refractivity contribution in [3.8, 4) is 0 Å². The maximum absolute atomic E-state index is 10.2. The van der Waals surface area contributed by atoms with Crippen LogP contribution >= 0.6 is 12.2 Å². The van der Waals surface area contributed by atoms with Crippen LogP contribution in [0.1, 0.15) is 12.8 Å². The molecule has 0 aromatic rings. The minimum absolute atomic E-state index is 0.433. The van der Waals surface area contributed by atoms with Gasteiger partial charge in [-0.05, 0) is 6.42 Å². The van der Waals surface area contributed by atoms with Crippen molar-refractivity contribution < 1.29 is 9.90 Å². The third kappa shape index (κ3) is 1.38. The Balaban J connectivity index is 2.48. The molecular formula is C5H7NO2S. The highest BCUT2D eigenvalue weighted by Gasteiger charge is 2.23. The second-order valence-electron chi connectivity index (χ2n) is 2.00. The van der Waals surface area contributed by atoms with E-state index in [4.69, 9.17) is 17.3 Å². The Labute approximate surface area is 58.1 Å². The van der Waals surface area contributed by atoms with Crippen LogP contribution in [0.5, 0.6) is 0 Å². The molecule has 50 valence electrons. The van der Waals surface area contributed by atoms with Crippen LogP contribution < -0.4 is 5.32 Å². The number of carbonyl (C=O) groups is 1. The number of nitrogens with one attached hydrogen (secondary N) is 1. The predicted molar refractivity (Wildman–Crippen MR) is 36.4 cm³/mol. The van der Waals surface area contributed by atoms with Crippen LogP contribution in [-0.4, -0.2) is 22.1 Å². The summed E-state index contributed by atoms with van der Waals surface area (Å²) in [6.07, 6.45) is 1.35. The molecule has 0 aromatic carbocycles. The Hall–Kier alpha value is -0.640. The quantitative estimate of drug-likeness (QED) is 0.516. The summed E-state index contributed by atoms with van der Waals surface area (Å²) >= 11 is 4.74. The van der Waals surface area contributed by atoms with Gasteiger partial charge in [0, 0.05) is 6.42 Å². The minimum atomic E-state index is -0.810. The predicted octanol–water partition coefficient (Wildman–Crippen LogP) is 0.150. The molecule has 3 nitrogen and oxygen atoms in total. The summed E-state index contributed by atoms with van der Waals surface area (Å²) in [6.45, 7) is 0. The van der Waals surface area contributed by atoms with E-state index in [1.54, 1.807) is 0 Å². The maximum atomic E-state index is 10.2. The molecule has 2 N–H and O–H groups in total. The van der Waals surface area contributed by atoms with E-state index in [2.05, 4.69) is 5.32 Å². The van der Waals surface area contributed by atoms with Gasteiger partial charge in [0.15, 0.2) is 0 Å². The Bertz CT molecular complexity index is 157. The molecule has 1 saturated heterocycles. The number of carboxylic acid groups (broad SMARTS) is 1. The fourth-order valence-corrected chi connectivity index (χ4v) is 1.06. The van der Waals surface area contributed by atoms with Crippen molar-refractivity contribution in [2.24, 2.45) is 0 Å². The molecule has 0 aromatic heterocycles. The molecule has 0 saturated carbocycles. The standard InChI is InChI=1S/C5H7NO2S/c7-5(8)3-1-2-4(9)6-3/h3H,1-2H2,(H,6,9)(H,7,8). The van der Waals surface area contributed by atoms with Gasteiger partial charge in [0.25, 0.3) is 0 Å². The molecule has 0 bridgehead atoms. The summed E-state index contributed by atoms with van der Waals surface area (Å²) in [5.74, 6) is -0.810. The number of hydrogen-bond donors (Lipinski definition) is 2. The summed E-state index contributed by atoms with van der Waals surface area (Å²) in [4.78, 5) is 10.9. The zero-order chi connectivity index (χ0) is 6.85. The smallest absolute Gasteiger partial charge is 0.326 e. The van der Waals surface area contributed by atoms with Crippen molar-refractivity contribution in [1.82, 2.24) is 5.32 Å². The van der Waals surface area contributed by atoms with Gasteiger partial charge in [0.1, 0.15) is 6.04 Å². The number of rotatable bonds is 1. The molecule has 0 aliphatic carbocycles. The SMILES string of the molecule is O=C(O)C1CCC(=S)N1. The highest BCUT2D eigenvalue weighted by atomic mass is 32.1. The van der Waals surface area contributed by atoms with E-state index in [9.17, 15) is 4.79 Å². The second kappa shape index (κ2) is 2.31. The lowest BCUT2D eigenvalue weighted by molar-refractivity contribution is -0.138. The number of hydrogen-bond acceptors (Lipinski definition) is 2. The molecule has 4 heteroatoms. The van der Waals surface area contributed by atoms with E-state index < -0.39 is 12.0 Å². The van der Waals surface area contributed by atoms with Gasteiger partial charge in [-0.2, -0.15) is 0 Å². The summed E-state index contributed by atoms with van der Waals surface area (Å²) in [5, 5.41) is 11.1. The Morgan fingerprint density at radius 2 is 2.56 bits per heavy atom. The zero-order valence-corrected chi connectivity index (χ0v) is 5.57. The average molecular weight is 145 g/mol. The Morgan fingerprint density at radius 3 is 2.78 bits per heavy atom. The average Bonchev–Trinajstić information content (AvgIpc) is 2.14. The maximum Gasteiger partial charge on any atom is 0.326 e. The number of thiocarbonyl (C=S) groups is 1. The van der Waals surface area contributed by atoms with Gasteiger partial charge in [-0.25, -0.2) is 4.79 Å².